The number of fused-ring (bicyclic) bond motifs is 1. The van der Waals surface area contributed by atoms with Crippen molar-refractivity contribution < 1.29 is 9.53 Å². The molecule has 136 valence electrons. The summed E-state index contributed by atoms with van der Waals surface area (Å²) in [4.78, 5) is 18.1. The number of amides is 1. The van der Waals surface area contributed by atoms with Crippen LogP contribution in [0.2, 0.25) is 0 Å². The number of nitrogens with two attached hydrogens (primary N) is 1. The summed E-state index contributed by atoms with van der Waals surface area (Å²) in [5.41, 5.74) is 5.81. The fourth-order valence-electron chi connectivity index (χ4n) is 5.82. The summed E-state index contributed by atoms with van der Waals surface area (Å²) in [6.45, 7) is 9.20. The van der Waals surface area contributed by atoms with Crippen LogP contribution in [-0.2, 0) is 9.53 Å². The second kappa shape index (κ2) is 5.96. The third-order valence-corrected chi connectivity index (χ3v) is 7.38. The lowest BCUT2D eigenvalue weighted by atomic mass is 9.46. The minimum atomic E-state index is -0.745. The van der Waals surface area contributed by atoms with Crippen molar-refractivity contribution in [2.24, 2.45) is 17.1 Å². The van der Waals surface area contributed by atoms with E-state index in [1.54, 1.807) is 0 Å². The number of rotatable bonds is 2. The van der Waals surface area contributed by atoms with Crippen molar-refractivity contribution in [3.8, 4) is 0 Å². The zero-order valence-corrected chi connectivity index (χ0v) is 15.3. The first-order valence-electron chi connectivity index (χ1n) is 9.90. The molecule has 4 unspecified atom stereocenters. The molecular formula is C19H33N3O2. The summed E-state index contributed by atoms with van der Waals surface area (Å²) >= 11 is 0. The van der Waals surface area contributed by atoms with Crippen LogP contribution in [0.3, 0.4) is 0 Å². The first-order chi connectivity index (χ1) is 11.5. The normalized spacial score (nSPS) is 42.5. The van der Waals surface area contributed by atoms with Crippen molar-refractivity contribution in [2.45, 2.75) is 70.1 Å². The van der Waals surface area contributed by atoms with Gasteiger partial charge in [-0.05, 0) is 51.6 Å². The van der Waals surface area contributed by atoms with Crippen LogP contribution in [0.5, 0.6) is 0 Å². The molecule has 4 fully saturated rings. The molecule has 1 aliphatic carbocycles. The van der Waals surface area contributed by atoms with Gasteiger partial charge in [0.2, 0.25) is 5.91 Å². The average Bonchev–Trinajstić information content (AvgIpc) is 3.15. The Morgan fingerprint density at radius 1 is 1.08 bits per heavy atom. The monoisotopic (exact) mass is 335 g/mol. The topological polar surface area (TPSA) is 58.8 Å². The van der Waals surface area contributed by atoms with Gasteiger partial charge in [-0.15, -0.1) is 0 Å². The number of carbonyl (C=O) groups is 1. The molecule has 3 aliphatic heterocycles. The van der Waals surface area contributed by atoms with Crippen molar-refractivity contribution in [2.75, 3.05) is 32.8 Å². The van der Waals surface area contributed by atoms with Gasteiger partial charge < -0.3 is 15.4 Å². The van der Waals surface area contributed by atoms with E-state index in [2.05, 4.69) is 23.6 Å². The number of ether oxygens (including phenoxy) is 1. The zero-order chi connectivity index (χ0) is 16.9. The molecule has 4 aliphatic rings. The summed E-state index contributed by atoms with van der Waals surface area (Å²) < 4.78 is 5.97. The van der Waals surface area contributed by atoms with Crippen molar-refractivity contribution in [3.05, 3.63) is 0 Å². The van der Waals surface area contributed by atoms with Gasteiger partial charge in [0.05, 0.1) is 6.10 Å². The molecule has 0 aromatic carbocycles. The summed E-state index contributed by atoms with van der Waals surface area (Å²) in [6, 6.07) is 0.537. The van der Waals surface area contributed by atoms with Gasteiger partial charge >= 0.3 is 0 Å². The van der Waals surface area contributed by atoms with E-state index in [1.165, 1.54) is 32.4 Å². The Hall–Kier alpha value is -0.650. The highest BCUT2D eigenvalue weighted by Crippen LogP contribution is 2.58. The molecule has 0 aromatic rings. The van der Waals surface area contributed by atoms with E-state index in [1.807, 2.05) is 0 Å². The summed E-state index contributed by atoms with van der Waals surface area (Å²) in [5, 5.41) is 0. The lowest BCUT2D eigenvalue weighted by Crippen LogP contribution is -2.82. The molecule has 2 N–H and O–H groups in total. The van der Waals surface area contributed by atoms with Gasteiger partial charge in [-0.25, -0.2) is 0 Å². The maximum Gasteiger partial charge on any atom is 0.243 e. The molecule has 0 bridgehead atoms. The molecule has 0 aromatic heterocycles. The number of piperidine rings is 1. The van der Waals surface area contributed by atoms with Crippen LogP contribution in [0.15, 0.2) is 0 Å². The zero-order valence-electron chi connectivity index (χ0n) is 15.3. The van der Waals surface area contributed by atoms with Crippen LogP contribution < -0.4 is 5.73 Å². The van der Waals surface area contributed by atoms with Gasteiger partial charge in [0, 0.05) is 37.1 Å². The average molecular weight is 335 g/mol. The van der Waals surface area contributed by atoms with Gasteiger partial charge in [-0.2, -0.15) is 0 Å². The van der Waals surface area contributed by atoms with E-state index in [0.29, 0.717) is 6.04 Å². The van der Waals surface area contributed by atoms with E-state index in [0.717, 1.165) is 39.0 Å². The number of carbonyl (C=O) groups excluding carboxylic acids is 1. The minimum absolute atomic E-state index is 0.152. The summed E-state index contributed by atoms with van der Waals surface area (Å²) in [5.74, 6) is 0.379. The van der Waals surface area contributed by atoms with Crippen LogP contribution >= 0.6 is 0 Å². The summed E-state index contributed by atoms with van der Waals surface area (Å²) in [6.07, 6.45) is 7.14. The predicted octanol–water partition coefficient (Wildman–Crippen LogP) is 1.61. The Labute approximate surface area is 145 Å². The molecule has 5 heteroatoms. The number of nitrogens with zero attached hydrogens (tertiary/aromatic N) is 2. The Kier molecular flexibility index (Phi) is 4.17. The largest absolute Gasteiger partial charge is 0.377 e. The van der Waals surface area contributed by atoms with E-state index in [4.69, 9.17) is 10.5 Å². The molecule has 0 radical (unpaired) electrons. The summed E-state index contributed by atoms with van der Waals surface area (Å²) in [7, 11) is 0. The highest BCUT2D eigenvalue weighted by atomic mass is 16.5. The van der Waals surface area contributed by atoms with Gasteiger partial charge in [0.1, 0.15) is 5.54 Å². The molecule has 4 atom stereocenters. The first kappa shape index (κ1) is 16.8. The Bertz CT molecular complexity index is 503. The van der Waals surface area contributed by atoms with E-state index < -0.39 is 5.54 Å². The van der Waals surface area contributed by atoms with E-state index >= 15 is 0 Å². The molecule has 3 saturated heterocycles. The molecule has 5 nitrogen and oxygen atoms in total. The maximum atomic E-state index is 13.5. The molecule has 3 heterocycles. The lowest BCUT2D eigenvalue weighted by molar-refractivity contribution is -0.230. The van der Waals surface area contributed by atoms with Gasteiger partial charge in [-0.3, -0.25) is 9.69 Å². The van der Waals surface area contributed by atoms with Gasteiger partial charge in [0.25, 0.3) is 0 Å². The van der Waals surface area contributed by atoms with Crippen molar-refractivity contribution in [3.63, 3.8) is 0 Å². The standard InChI is InChI=1S/C19H33N3O2/c1-18(2)16-15(8-6-12-24-16)19(18,20)17(23)22-11-5-7-14(13-22)21-9-3-4-10-21/h14-16H,3-13,20H2,1-2H3. The fraction of sp³-hybridized carbons (Fsp3) is 0.947. The highest BCUT2D eigenvalue weighted by molar-refractivity contribution is 5.89. The lowest BCUT2D eigenvalue weighted by Gasteiger charge is -2.66. The third-order valence-electron chi connectivity index (χ3n) is 7.38. The molecule has 4 rings (SSSR count). The third kappa shape index (κ3) is 2.27. The second-order valence-corrected chi connectivity index (χ2v) is 8.92. The van der Waals surface area contributed by atoms with Crippen LogP contribution in [0.4, 0.5) is 0 Å². The SMILES string of the molecule is CC1(C)C2OCCCC2C1(N)C(=O)N1CCCC(N2CCCC2)C1. The van der Waals surface area contributed by atoms with Crippen LogP contribution in [-0.4, -0.2) is 66.2 Å². The van der Waals surface area contributed by atoms with Gasteiger partial charge in [-0.1, -0.05) is 13.8 Å². The number of hydrogen-bond acceptors (Lipinski definition) is 4. The highest BCUT2D eigenvalue weighted by Gasteiger charge is 2.70. The van der Waals surface area contributed by atoms with Gasteiger partial charge in [0.15, 0.2) is 0 Å². The number of likely N-dealkylation sites (tertiary alicyclic amines) is 2. The smallest absolute Gasteiger partial charge is 0.243 e. The molecule has 24 heavy (non-hydrogen) atoms. The Morgan fingerprint density at radius 3 is 2.58 bits per heavy atom. The van der Waals surface area contributed by atoms with Crippen molar-refractivity contribution >= 4 is 5.91 Å². The molecule has 1 saturated carbocycles. The van der Waals surface area contributed by atoms with E-state index in [-0.39, 0.29) is 23.3 Å². The minimum Gasteiger partial charge on any atom is -0.377 e. The van der Waals surface area contributed by atoms with Crippen molar-refractivity contribution in [1.82, 2.24) is 9.80 Å². The van der Waals surface area contributed by atoms with Crippen molar-refractivity contribution in [1.29, 1.82) is 0 Å². The Balaban J connectivity index is 1.50. The Morgan fingerprint density at radius 2 is 1.83 bits per heavy atom. The fourth-order valence-corrected chi connectivity index (χ4v) is 5.82. The molecular weight excluding hydrogens is 302 g/mol. The van der Waals surface area contributed by atoms with E-state index in [9.17, 15) is 4.79 Å². The molecule has 0 spiro atoms. The maximum absolute atomic E-state index is 13.5. The quantitative estimate of drug-likeness (QED) is 0.833. The second-order valence-electron chi connectivity index (χ2n) is 8.92. The van der Waals surface area contributed by atoms with Crippen LogP contribution in [0, 0.1) is 11.3 Å². The predicted molar refractivity (Wildman–Crippen MR) is 93.6 cm³/mol. The molecule has 1 amide bonds. The first-order valence-corrected chi connectivity index (χ1v) is 9.90. The van der Waals surface area contributed by atoms with Crippen LogP contribution in [0.1, 0.15) is 52.4 Å². The van der Waals surface area contributed by atoms with Crippen LogP contribution in [0.25, 0.3) is 0 Å². The number of hydrogen-bond donors (Lipinski definition) is 1.